The van der Waals surface area contributed by atoms with E-state index in [0.29, 0.717) is 6.61 Å². The number of ether oxygens (including phenoxy) is 1. The summed E-state index contributed by atoms with van der Waals surface area (Å²) in [6.07, 6.45) is 4.66. The van der Waals surface area contributed by atoms with Gasteiger partial charge in [0.2, 0.25) is 0 Å². The van der Waals surface area contributed by atoms with E-state index >= 15 is 0 Å². The van der Waals surface area contributed by atoms with E-state index in [2.05, 4.69) is 15.2 Å². The maximum absolute atomic E-state index is 5.44. The fourth-order valence-corrected chi connectivity index (χ4v) is 2.96. The zero-order chi connectivity index (χ0) is 14.2. The lowest BCUT2D eigenvalue weighted by Crippen LogP contribution is -2.02. The van der Waals surface area contributed by atoms with E-state index in [9.17, 15) is 0 Å². The number of rotatable bonds is 3. The van der Waals surface area contributed by atoms with Crippen molar-refractivity contribution in [3.63, 3.8) is 0 Å². The number of hydrogen-bond donors (Lipinski definition) is 0. The van der Waals surface area contributed by atoms with Crippen molar-refractivity contribution in [2.45, 2.75) is 12.3 Å². The number of nitrogens with zero attached hydrogens (tertiary/aromatic N) is 6. The lowest BCUT2D eigenvalue weighted by atomic mass is 10.1. The first kappa shape index (κ1) is 12.7. The van der Waals surface area contributed by atoms with Gasteiger partial charge in [-0.1, -0.05) is 0 Å². The number of aromatic nitrogens is 6. The normalized spacial score (nSPS) is 18.4. The van der Waals surface area contributed by atoms with Gasteiger partial charge in [0, 0.05) is 25.0 Å². The summed E-state index contributed by atoms with van der Waals surface area (Å²) in [5.74, 6) is 1.84. The largest absolute Gasteiger partial charge is 0.381 e. The van der Waals surface area contributed by atoms with E-state index in [1.165, 1.54) is 0 Å². The molecule has 0 radical (unpaired) electrons. The Labute approximate surface area is 125 Å². The molecule has 1 saturated heterocycles. The summed E-state index contributed by atoms with van der Waals surface area (Å²) in [7, 11) is 1.88. The van der Waals surface area contributed by atoms with Crippen molar-refractivity contribution < 1.29 is 4.74 Å². The first-order valence-corrected chi connectivity index (χ1v) is 7.68. The first-order valence-electron chi connectivity index (χ1n) is 6.73. The van der Waals surface area contributed by atoms with Crippen LogP contribution in [-0.2, 0) is 11.8 Å². The van der Waals surface area contributed by atoms with Gasteiger partial charge in [-0.15, -0.1) is 11.3 Å². The molecule has 0 N–H and O–H groups in total. The summed E-state index contributed by atoms with van der Waals surface area (Å²) in [5.41, 5.74) is 3.52. The van der Waals surface area contributed by atoms with Gasteiger partial charge in [-0.3, -0.25) is 4.68 Å². The fourth-order valence-electron chi connectivity index (χ4n) is 2.43. The second kappa shape index (κ2) is 5.05. The van der Waals surface area contributed by atoms with Gasteiger partial charge < -0.3 is 4.74 Å². The van der Waals surface area contributed by atoms with Gasteiger partial charge in [0.25, 0.3) is 0 Å². The summed E-state index contributed by atoms with van der Waals surface area (Å²) >= 11 is 1.55. The molecule has 1 unspecified atom stereocenters. The van der Waals surface area contributed by atoms with Crippen LogP contribution in [0.4, 0.5) is 0 Å². The summed E-state index contributed by atoms with van der Waals surface area (Å²) in [6, 6.07) is 0. The third-order valence-corrected chi connectivity index (χ3v) is 4.10. The molecule has 7 nitrogen and oxygen atoms in total. The zero-order valence-corrected chi connectivity index (χ0v) is 12.3. The van der Waals surface area contributed by atoms with Crippen molar-refractivity contribution in [2.24, 2.45) is 7.05 Å². The van der Waals surface area contributed by atoms with Crippen molar-refractivity contribution in [3.8, 4) is 17.2 Å². The highest BCUT2D eigenvalue weighted by atomic mass is 32.1. The Hall–Kier alpha value is -2.06. The highest BCUT2D eigenvalue weighted by Gasteiger charge is 2.25. The third-order valence-electron chi connectivity index (χ3n) is 3.52. The predicted octanol–water partition coefficient (Wildman–Crippen LogP) is 1.63. The topological polar surface area (TPSA) is 70.7 Å². The minimum Gasteiger partial charge on any atom is -0.381 e. The average Bonchev–Trinajstić information content (AvgIpc) is 3.25. The second-order valence-electron chi connectivity index (χ2n) is 5.01. The van der Waals surface area contributed by atoms with Crippen LogP contribution in [0.15, 0.2) is 23.3 Å². The van der Waals surface area contributed by atoms with E-state index in [0.717, 1.165) is 36.1 Å². The molecule has 1 aliphatic rings. The van der Waals surface area contributed by atoms with Crippen molar-refractivity contribution >= 4 is 11.3 Å². The molecule has 3 aromatic rings. The Morgan fingerprint density at radius 2 is 2.38 bits per heavy atom. The van der Waals surface area contributed by atoms with Gasteiger partial charge in [-0.05, 0) is 6.42 Å². The van der Waals surface area contributed by atoms with E-state index in [1.807, 2.05) is 23.3 Å². The van der Waals surface area contributed by atoms with Gasteiger partial charge in [-0.2, -0.15) is 10.2 Å². The second-order valence-corrected chi connectivity index (χ2v) is 5.73. The van der Waals surface area contributed by atoms with E-state index in [1.54, 1.807) is 27.7 Å². The van der Waals surface area contributed by atoms with Gasteiger partial charge >= 0.3 is 0 Å². The van der Waals surface area contributed by atoms with Gasteiger partial charge in [-0.25, -0.2) is 14.6 Å². The number of thiazole rings is 1. The molecular weight excluding hydrogens is 288 g/mol. The van der Waals surface area contributed by atoms with E-state index < -0.39 is 0 Å². The minimum atomic E-state index is 0.264. The van der Waals surface area contributed by atoms with Crippen LogP contribution in [0.1, 0.15) is 18.2 Å². The van der Waals surface area contributed by atoms with Crippen LogP contribution in [0.3, 0.4) is 0 Å². The van der Waals surface area contributed by atoms with Gasteiger partial charge in [0.1, 0.15) is 11.4 Å². The molecule has 0 amide bonds. The maximum Gasteiger partial charge on any atom is 0.182 e. The summed E-state index contributed by atoms with van der Waals surface area (Å²) in [5, 5.41) is 10.9. The molecule has 0 aliphatic carbocycles. The quantitative estimate of drug-likeness (QED) is 0.735. The average molecular weight is 302 g/mol. The van der Waals surface area contributed by atoms with Gasteiger partial charge in [0.15, 0.2) is 11.6 Å². The monoisotopic (exact) mass is 302 g/mol. The third kappa shape index (κ3) is 2.26. The van der Waals surface area contributed by atoms with E-state index in [-0.39, 0.29) is 5.92 Å². The molecule has 1 fully saturated rings. The van der Waals surface area contributed by atoms with Crippen molar-refractivity contribution in [1.29, 1.82) is 0 Å². The molecule has 3 aromatic heterocycles. The van der Waals surface area contributed by atoms with Crippen LogP contribution < -0.4 is 0 Å². The highest BCUT2D eigenvalue weighted by molar-refractivity contribution is 7.07. The first-order chi connectivity index (χ1) is 10.3. The van der Waals surface area contributed by atoms with Crippen LogP contribution >= 0.6 is 11.3 Å². The van der Waals surface area contributed by atoms with Crippen molar-refractivity contribution in [2.75, 3.05) is 13.2 Å². The fraction of sp³-hybridized carbons (Fsp3) is 0.385. The van der Waals surface area contributed by atoms with Crippen LogP contribution in [0.5, 0.6) is 0 Å². The number of hydrogen-bond acceptors (Lipinski definition) is 6. The smallest absolute Gasteiger partial charge is 0.182 e. The standard InChI is InChI=1S/C13H14N6OS/c1-18-5-10(4-15-18)19-13(11-7-21-8-14-11)16-12(17-19)9-2-3-20-6-9/h4-5,7-9H,2-3,6H2,1H3. The summed E-state index contributed by atoms with van der Waals surface area (Å²) < 4.78 is 9.01. The van der Waals surface area contributed by atoms with E-state index in [4.69, 9.17) is 9.72 Å². The molecule has 8 heteroatoms. The molecular formula is C13H14N6OS. The minimum absolute atomic E-state index is 0.264. The Balaban J connectivity index is 1.83. The SMILES string of the molecule is Cn1cc(-n2nc(C3CCOC3)nc2-c2cscn2)cn1. The summed E-state index contributed by atoms with van der Waals surface area (Å²) in [6.45, 7) is 1.46. The molecule has 0 aromatic carbocycles. The molecule has 21 heavy (non-hydrogen) atoms. The van der Waals surface area contributed by atoms with Crippen LogP contribution in [-0.4, -0.2) is 42.7 Å². The summed E-state index contributed by atoms with van der Waals surface area (Å²) in [4.78, 5) is 9.06. The molecule has 0 saturated carbocycles. The Morgan fingerprint density at radius 3 is 3.05 bits per heavy atom. The predicted molar refractivity (Wildman–Crippen MR) is 77.4 cm³/mol. The van der Waals surface area contributed by atoms with Crippen molar-refractivity contribution in [3.05, 3.63) is 29.1 Å². The lowest BCUT2D eigenvalue weighted by Gasteiger charge is -2.00. The Kier molecular flexibility index (Phi) is 3.04. The molecule has 1 atom stereocenters. The molecule has 4 heterocycles. The maximum atomic E-state index is 5.44. The Morgan fingerprint density at radius 1 is 1.43 bits per heavy atom. The van der Waals surface area contributed by atoms with Crippen LogP contribution in [0.2, 0.25) is 0 Å². The van der Waals surface area contributed by atoms with Gasteiger partial charge in [0.05, 0.1) is 24.5 Å². The molecule has 0 spiro atoms. The molecule has 108 valence electrons. The number of aryl methyl sites for hydroxylation is 1. The van der Waals surface area contributed by atoms with Crippen LogP contribution in [0, 0.1) is 0 Å². The molecule has 4 rings (SSSR count). The molecule has 1 aliphatic heterocycles. The zero-order valence-electron chi connectivity index (χ0n) is 11.5. The van der Waals surface area contributed by atoms with Crippen LogP contribution in [0.25, 0.3) is 17.2 Å². The lowest BCUT2D eigenvalue weighted by molar-refractivity contribution is 0.193. The Bertz CT molecular complexity index is 741. The van der Waals surface area contributed by atoms with Crippen molar-refractivity contribution in [1.82, 2.24) is 29.5 Å². The highest BCUT2D eigenvalue weighted by Crippen LogP contribution is 2.27. The molecule has 0 bridgehead atoms.